The summed E-state index contributed by atoms with van der Waals surface area (Å²) in [4.78, 5) is 18.2. The van der Waals surface area contributed by atoms with E-state index in [0.29, 0.717) is 30.7 Å². The van der Waals surface area contributed by atoms with Crippen LogP contribution in [0.4, 0.5) is 0 Å². The molecule has 0 saturated carbocycles. The van der Waals surface area contributed by atoms with E-state index >= 15 is 0 Å². The van der Waals surface area contributed by atoms with E-state index in [1.807, 2.05) is 32.9 Å². The van der Waals surface area contributed by atoms with Gasteiger partial charge in [-0.25, -0.2) is 14.0 Å². The highest BCUT2D eigenvalue weighted by atomic mass is 32.2. The molecule has 8 heteroatoms. The lowest BCUT2D eigenvalue weighted by Gasteiger charge is -2.30. The molecule has 2 unspecified atom stereocenters. The summed E-state index contributed by atoms with van der Waals surface area (Å²) in [6, 6.07) is 3.94. The number of ether oxygens (including phenoxy) is 1. The first-order valence-corrected chi connectivity index (χ1v) is 12.6. The first kappa shape index (κ1) is 24.8. The molecule has 33 heavy (non-hydrogen) atoms. The first-order chi connectivity index (χ1) is 15.3. The molecule has 1 aromatic carbocycles. The van der Waals surface area contributed by atoms with Crippen LogP contribution in [-0.2, 0) is 14.7 Å². The van der Waals surface area contributed by atoms with Crippen LogP contribution in [-0.4, -0.2) is 22.1 Å². The maximum Gasteiger partial charge on any atom is 0.268 e. The summed E-state index contributed by atoms with van der Waals surface area (Å²) in [6.45, 7) is 12.2. The highest BCUT2D eigenvalue weighted by Crippen LogP contribution is 2.32. The van der Waals surface area contributed by atoms with Crippen LogP contribution < -0.4 is 15.2 Å². The second-order valence-corrected chi connectivity index (χ2v) is 11.6. The zero-order valence-corrected chi connectivity index (χ0v) is 21.1. The zero-order valence-electron chi connectivity index (χ0n) is 20.2. The summed E-state index contributed by atoms with van der Waals surface area (Å²) in [5, 5.41) is 0. The average Bonchev–Trinajstić information content (AvgIpc) is 2.69. The average molecular weight is 471 g/mol. The van der Waals surface area contributed by atoms with Gasteiger partial charge in [0.1, 0.15) is 5.75 Å². The molecule has 178 valence electrons. The lowest BCUT2D eigenvalue weighted by atomic mass is 9.83. The van der Waals surface area contributed by atoms with E-state index in [0.717, 1.165) is 16.7 Å². The van der Waals surface area contributed by atoms with Gasteiger partial charge in [-0.15, -0.1) is 0 Å². The summed E-state index contributed by atoms with van der Waals surface area (Å²) in [7, 11) is -3.57. The van der Waals surface area contributed by atoms with Crippen LogP contribution >= 0.6 is 0 Å². The van der Waals surface area contributed by atoms with Crippen LogP contribution in [0.2, 0.25) is 0 Å². The Bertz CT molecular complexity index is 1180. The van der Waals surface area contributed by atoms with Gasteiger partial charge >= 0.3 is 0 Å². The van der Waals surface area contributed by atoms with Crippen molar-refractivity contribution in [3.8, 4) is 5.75 Å². The molecule has 1 heterocycles. The second-order valence-electron chi connectivity index (χ2n) is 9.85. The van der Waals surface area contributed by atoms with E-state index in [1.54, 1.807) is 12.2 Å². The molecular formula is C25H34N4O3S. The van der Waals surface area contributed by atoms with Gasteiger partial charge in [0.2, 0.25) is 5.90 Å². The highest BCUT2D eigenvalue weighted by molar-refractivity contribution is 7.95. The van der Waals surface area contributed by atoms with Gasteiger partial charge in [-0.2, -0.15) is 0 Å². The predicted octanol–water partition coefficient (Wildman–Crippen LogP) is 4.73. The van der Waals surface area contributed by atoms with Gasteiger partial charge in [0.25, 0.3) is 5.91 Å². The van der Waals surface area contributed by atoms with Crippen LogP contribution in [0.25, 0.3) is 0 Å². The number of nitrogens with one attached hydrogen (secondary N) is 2. The molecular weight excluding hydrogens is 436 g/mol. The van der Waals surface area contributed by atoms with Crippen LogP contribution in [0.15, 0.2) is 51.5 Å². The lowest BCUT2D eigenvalue weighted by Crippen LogP contribution is -2.38. The summed E-state index contributed by atoms with van der Waals surface area (Å²) in [6.07, 6.45) is 6.73. The molecule has 0 radical (unpaired) electrons. The SMILES string of the molecule is Cc1cc(C)c(OC2=NC(C(C)(C)C)CC=C2C(=O)NS(=N)(=O)C2=CCCC(N)=C2)c(C)c1. The van der Waals surface area contributed by atoms with Gasteiger partial charge in [0.05, 0.1) is 16.5 Å². The van der Waals surface area contributed by atoms with Crippen molar-refractivity contribution >= 4 is 21.7 Å². The van der Waals surface area contributed by atoms with Crippen molar-refractivity contribution in [1.82, 2.24) is 4.72 Å². The summed E-state index contributed by atoms with van der Waals surface area (Å²) in [5.41, 5.74) is 9.43. The molecule has 3 rings (SSSR count). The molecule has 0 aromatic heterocycles. The van der Waals surface area contributed by atoms with Crippen molar-refractivity contribution in [2.24, 2.45) is 16.1 Å². The number of hydrogen-bond acceptors (Lipinski definition) is 6. The topological polar surface area (TPSA) is 118 Å². The third kappa shape index (κ3) is 5.74. The molecule has 2 aliphatic rings. The van der Waals surface area contributed by atoms with Gasteiger partial charge in [0, 0.05) is 5.70 Å². The Morgan fingerprint density at radius 3 is 2.42 bits per heavy atom. The fraction of sp³-hybridized carbons (Fsp3) is 0.440. The predicted molar refractivity (Wildman–Crippen MR) is 133 cm³/mol. The first-order valence-electron chi connectivity index (χ1n) is 11.1. The number of carbonyl (C=O) groups excluding carboxylic acids is 1. The van der Waals surface area contributed by atoms with Gasteiger partial charge < -0.3 is 10.5 Å². The Kier molecular flexibility index (Phi) is 6.88. The van der Waals surface area contributed by atoms with Crippen molar-refractivity contribution in [1.29, 1.82) is 4.78 Å². The second kappa shape index (κ2) is 9.17. The number of carbonyl (C=O) groups is 1. The third-order valence-electron chi connectivity index (χ3n) is 5.77. The summed E-state index contributed by atoms with van der Waals surface area (Å²) in [5.74, 6) is 0.170. The zero-order chi connectivity index (χ0) is 24.6. The number of benzene rings is 1. The van der Waals surface area contributed by atoms with Crippen LogP contribution in [0, 0.1) is 31.0 Å². The van der Waals surface area contributed by atoms with Crippen molar-refractivity contribution in [2.45, 2.75) is 66.8 Å². The molecule has 2 atom stereocenters. The largest absolute Gasteiger partial charge is 0.438 e. The van der Waals surface area contributed by atoms with E-state index in [-0.39, 0.29) is 27.8 Å². The van der Waals surface area contributed by atoms with E-state index < -0.39 is 15.8 Å². The lowest BCUT2D eigenvalue weighted by molar-refractivity contribution is -0.115. The molecule has 0 bridgehead atoms. The standard InChI is InChI=1S/C25H34N4O3S/c1-15-12-16(2)22(17(3)13-15)32-24-20(10-11-21(28-24)25(4,5)6)23(30)29-33(27,31)19-9-7-8-18(26)14-19/h9-10,12-14,21H,7-8,11,26H2,1-6H3,(H2,27,29,30,31). The number of nitrogens with two attached hydrogens (primary N) is 1. The fourth-order valence-electron chi connectivity index (χ4n) is 3.96. The quantitative estimate of drug-likeness (QED) is 0.589. The molecule has 1 amide bonds. The third-order valence-corrected chi connectivity index (χ3v) is 7.19. The maximum absolute atomic E-state index is 13.2. The van der Waals surface area contributed by atoms with Gasteiger partial charge in [0.15, 0.2) is 9.92 Å². The van der Waals surface area contributed by atoms with Gasteiger partial charge in [-0.3, -0.25) is 9.52 Å². The fourth-order valence-corrected chi connectivity index (χ4v) is 5.12. The number of aliphatic imine (C=N–C) groups is 1. The van der Waals surface area contributed by atoms with Gasteiger partial charge in [-0.05, 0) is 62.7 Å². The Hall–Kier alpha value is -2.87. The Balaban J connectivity index is 1.94. The Labute approximate surface area is 197 Å². The van der Waals surface area contributed by atoms with Crippen molar-refractivity contribution in [3.63, 3.8) is 0 Å². The summed E-state index contributed by atoms with van der Waals surface area (Å²) < 4.78 is 29.9. The minimum Gasteiger partial charge on any atom is -0.438 e. The number of nitrogens with zero attached hydrogens (tertiary/aromatic N) is 1. The molecule has 4 N–H and O–H groups in total. The molecule has 1 aromatic rings. The smallest absolute Gasteiger partial charge is 0.268 e. The number of rotatable bonds is 4. The number of allylic oxidation sites excluding steroid dienone is 3. The van der Waals surface area contributed by atoms with Crippen LogP contribution in [0.1, 0.15) is 56.7 Å². The van der Waals surface area contributed by atoms with Crippen molar-refractivity contribution < 1.29 is 13.7 Å². The Morgan fingerprint density at radius 1 is 1.21 bits per heavy atom. The maximum atomic E-state index is 13.2. The molecule has 1 aliphatic carbocycles. The molecule has 1 aliphatic heterocycles. The van der Waals surface area contributed by atoms with Crippen molar-refractivity contribution in [2.75, 3.05) is 0 Å². The number of dihydropyridines is 1. The van der Waals surface area contributed by atoms with E-state index in [9.17, 15) is 9.00 Å². The number of aryl methyl sites for hydroxylation is 3. The minimum absolute atomic E-state index is 0.0840. The monoisotopic (exact) mass is 470 g/mol. The van der Waals surface area contributed by atoms with Crippen LogP contribution in [0.5, 0.6) is 5.75 Å². The number of amides is 1. The van der Waals surface area contributed by atoms with Gasteiger partial charge in [-0.1, -0.05) is 50.6 Å². The molecule has 0 saturated heterocycles. The molecule has 7 nitrogen and oxygen atoms in total. The summed E-state index contributed by atoms with van der Waals surface area (Å²) >= 11 is 0. The van der Waals surface area contributed by atoms with E-state index in [4.69, 9.17) is 20.2 Å². The van der Waals surface area contributed by atoms with E-state index in [1.165, 1.54) is 6.08 Å². The van der Waals surface area contributed by atoms with E-state index in [2.05, 4.69) is 25.5 Å². The van der Waals surface area contributed by atoms with Crippen molar-refractivity contribution in [3.05, 3.63) is 63.2 Å². The number of hydrogen-bond donors (Lipinski definition) is 3. The Morgan fingerprint density at radius 2 is 1.85 bits per heavy atom. The molecule has 0 spiro atoms. The highest BCUT2D eigenvalue weighted by Gasteiger charge is 2.32. The minimum atomic E-state index is -3.57. The normalized spacial score (nSPS) is 20.6. The van der Waals surface area contributed by atoms with Crippen LogP contribution in [0.3, 0.4) is 0 Å². The molecule has 0 fully saturated rings.